The number of aliphatic hydroxyl groups is 2. The van der Waals surface area contributed by atoms with Crippen LogP contribution in [0.5, 0.6) is 0 Å². The van der Waals surface area contributed by atoms with Crippen molar-refractivity contribution >= 4 is 28.5 Å². The first-order valence-corrected chi connectivity index (χ1v) is 15.7. The number of benzene rings is 1. The third-order valence-electron chi connectivity index (χ3n) is 11.8. The fourth-order valence-corrected chi connectivity index (χ4v) is 9.26. The molecule has 9 heteroatoms. The molecule has 1 aromatic carbocycles. The van der Waals surface area contributed by atoms with Crippen LogP contribution in [0.4, 0.5) is 0 Å². The lowest BCUT2D eigenvalue weighted by Gasteiger charge is -2.60. The standard InChI is InChI=1S/C34H45N3O6/c1-32-13-11-22(16-21(32)9-10-24-25-12-14-34(3,41)33(25,2)17-28(38)30(24)32)37-43-19-29(39)36-27(31(40)42-4)15-20-18-35-26-8-6-5-7-23(20)26/h5-8,16,18,24-25,27-28,30,35,38,41H,9-15,17,19H2,1-4H3,(H,36,39)/t24?,25?,27?,28?,30?,32-,33-,34-/m0/s1. The average Bonchev–Trinajstić information content (AvgIpc) is 3.48. The number of amides is 1. The third kappa shape index (κ3) is 5.08. The summed E-state index contributed by atoms with van der Waals surface area (Å²) >= 11 is 0. The number of nitrogens with one attached hydrogen (secondary N) is 2. The Bertz CT molecular complexity index is 1460. The van der Waals surface area contributed by atoms with E-state index in [1.165, 1.54) is 12.7 Å². The number of carbonyl (C=O) groups excluding carboxylic acids is 2. The van der Waals surface area contributed by atoms with Crippen LogP contribution in [0.1, 0.15) is 71.3 Å². The number of rotatable bonds is 7. The van der Waals surface area contributed by atoms with Gasteiger partial charge in [-0.2, -0.15) is 0 Å². The second-order valence-corrected chi connectivity index (χ2v) is 14.0. The number of ether oxygens (including phenoxy) is 1. The summed E-state index contributed by atoms with van der Waals surface area (Å²) < 4.78 is 4.95. The summed E-state index contributed by atoms with van der Waals surface area (Å²) in [5.74, 6) is 0.0175. The second kappa shape index (κ2) is 11.1. The number of aromatic nitrogens is 1. The number of aromatic amines is 1. The molecule has 4 aliphatic carbocycles. The number of fused-ring (bicyclic) bond motifs is 6. The van der Waals surface area contributed by atoms with Crippen molar-refractivity contribution in [3.05, 3.63) is 47.7 Å². The lowest BCUT2D eigenvalue weighted by molar-refractivity contribution is -0.164. The maximum absolute atomic E-state index is 12.8. The van der Waals surface area contributed by atoms with E-state index in [9.17, 15) is 19.8 Å². The summed E-state index contributed by atoms with van der Waals surface area (Å²) in [6.45, 7) is 6.13. The van der Waals surface area contributed by atoms with Crippen LogP contribution in [-0.2, 0) is 25.6 Å². The summed E-state index contributed by atoms with van der Waals surface area (Å²) in [5.41, 5.74) is 2.85. The second-order valence-electron chi connectivity index (χ2n) is 14.0. The minimum absolute atomic E-state index is 0.120. The van der Waals surface area contributed by atoms with E-state index >= 15 is 0 Å². The van der Waals surface area contributed by atoms with E-state index in [0.29, 0.717) is 24.7 Å². The maximum Gasteiger partial charge on any atom is 0.328 e. The van der Waals surface area contributed by atoms with Crippen molar-refractivity contribution < 1.29 is 29.4 Å². The number of esters is 1. The Labute approximate surface area is 253 Å². The first-order valence-electron chi connectivity index (χ1n) is 15.7. The molecule has 43 heavy (non-hydrogen) atoms. The van der Waals surface area contributed by atoms with Crippen LogP contribution in [0, 0.1) is 28.6 Å². The molecule has 1 aromatic heterocycles. The lowest BCUT2D eigenvalue weighted by Crippen LogP contribution is -2.59. The number of oxime groups is 1. The van der Waals surface area contributed by atoms with Gasteiger partial charge in [0.1, 0.15) is 6.04 Å². The molecule has 0 spiro atoms. The van der Waals surface area contributed by atoms with E-state index in [0.717, 1.165) is 54.3 Å². The Morgan fingerprint density at radius 1 is 1.16 bits per heavy atom. The molecular weight excluding hydrogens is 546 g/mol. The highest BCUT2D eigenvalue weighted by Crippen LogP contribution is 2.67. The Balaban J connectivity index is 1.09. The van der Waals surface area contributed by atoms with Crippen LogP contribution in [-0.4, -0.2) is 64.2 Å². The van der Waals surface area contributed by atoms with Gasteiger partial charge >= 0.3 is 5.97 Å². The molecule has 6 rings (SSSR count). The van der Waals surface area contributed by atoms with Gasteiger partial charge in [-0.05, 0) is 92.7 Å². The maximum atomic E-state index is 12.8. The molecule has 4 N–H and O–H groups in total. The molecule has 1 heterocycles. The molecule has 4 aliphatic rings. The first-order chi connectivity index (χ1) is 20.5. The zero-order valence-electron chi connectivity index (χ0n) is 25.7. The van der Waals surface area contributed by atoms with Crippen molar-refractivity contribution in [2.45, 2.75) is 89.9 Å². The van der Waals surface area contributed by atoms with Crippen molar-refractivity contribution in [1.29, 1.82) is 0 Å². The topological polar surface area (TPSA) is 133 Å². The SMILES string of the molecule is COC(=O)C(Cc1c[nH]c2ccccc12)NC(=O)CON=C1C=C2CCC3C(C(O)C[C@@]4(C)C3CC[C@]4(C)O)[C@@]2(C)CC1. The summed E-state index contributed by atoms with van der Waals surface area (Å²) in [6.07, 6.45) is 9.75. The highest BCUT2D eigenvalue weighted by atomic mass is 16.6. The number of aliphatic hydroxyl groups excluding tert-OH is 1. The minimum atomic E-state index is -0.854. The number of carbonyl (C=O) groups is 2. The fourth-order valence-electron chi connectivity index (χ4n) is 9.26. The molecule has 9 nitrogen and oxygen atoms in total. The van der Waals surface area contributed by atoms with Crippen LogP contribution in [0.2, 0.25) is 0 Å². The Morgan fingerprint density at radius 2 is 1.95 bits per heavy atom. The Hall–Kier alpha value is -3.17. The highest BCUT2D eigenvalue weighted by molar-refractivity contribution is 5.96. The molecule has 1 amide bonds. The summed E-state index contributed by atoms with van der Waals surface area (Å²) in [7, 11) is 1.30. The van der Waals surface area contributed by atoms with E-state index in [4.69, 9.17) is 9.57 Å². The highest BCUT2D eigenvalue weighted by Gasteiger charge is 2.64. The predicted molar refractivity (Wildman–Crippen MR) is 163 cm³/mol. The van der Waals surface area contributed by atoms with Crippen molar-refractivity contribution in [1.82, 2.24) is 10.3 Å². The zero-order chi connectivity index (χ0) is 30.6. The molecule has 0 radical (unpaired) electrons. The monoisotopic (exact) mass is 591 g/mol. The molecule has 0 aliphatic heterocycles. The zero-order valence-corrected chi connectivity index (χ0v) is 25.7. The van der Waals surface area contributed by atoms with Crippen molar-refractivity contribution in [3.8, 4) is 0 Å². The van der Waals surface area contributed by atoms with Gasteiger partial charge in [-0.25, -0.2) is 4.79 Å². The molecule has 8 atom stereocenters. The number of allylic oxidation sites excluding steroid dienone is 2. The third-order valence-corrected chi connectivity index (χ3v) is 11.8. The van der Waals surface area contributed by atoms with Gasteiger partial charge in [-0.3, -0.25) is 4.79 Å². The number of methoxy groups -OCH3 is 1. The average molecular weight is 592 g/mol. The molecule has 2 aromatic rings. The normalized spacial score (nSPS) is 36.7. The lowest BCUT2D eigenvalue weighted by atomic mass is 9.45. The fraction of sp³-hybridized carbons (Fsp3) is 0.618. The molecule has 232 valence electrons. The molecule has 5 unspecified atom stereocenters. The molecular formula is C34H45N3O6. The van der Waals surface area contributed by atoms with E-state index < -0.39 is 29.6 Å². The summed E-state index contributed by atoms with van der Waals surface area (Å²) in [6, 6.07) is 6.94. The number of hydrogen-bond acceptors (Lipinski definition) is 7. The number of hydrogen-bond donors (Lipinski definition) is 4. The van der Waals surface area contributed by atoms with Gasteiger partial charge in [0.2, 0.25) is 0 Å². The molecule has 0 bridgehead atoms. The van der Waals surface area contributed by atoms with Gasteiger partial charge in [0.25, 0.3) is 5.91 Å². The van der Waals surface area contributed by atoms with Crippen LogP contribution >= 0.6 is 0 Å². The van der Waals surface area contributed by atoms with Crippen molar-refractivity contribution in [3.63, 3.8) is 0 Å². The Morgan fingerprint density at radius 3 is 2.74 bits per heavy atom. The number of nitrogens with zero attached hydrogens (tertiary/aromatic N) is 1. The minimum Gasteiger partial charge on any atom is -0.467 e. The van der Waals surface area contributed by atoms with Crippen LogP contribution in [0.25, 0.3) is 10.9 Å². The first kappa shape index (κ1) is 29.9. The van der Waals surface area contributed by atoms with Crippen LogP contribution in [0.15, 0.2) is 47.3 Å². The summed E-state index contributed by atoms with van der Waals surface area (Å²) in [4.78, 5) is 33.9. The van der Waals surface area contributed by atoms with Crippen molar-refractivity contribution in [2.24, 2.45) is 33.7 Å². The van der Waals surface area contributed by atoms with Gasteiger partial charge < -0.3 is 30.1 Å². The van der Waals surface area contributed by atoms with Gasteiger partial charge in [0.15, 0.2) is 6.61 Å². The van der Waals surface area contributed by atoms with Gasteiger partial charge in [0, 0.05) is 28.9 Å². The van der Waals surface area contributed by atoms with Gasteiger partial charge in [-0.15, -0.1) is 0 Å². The van der Waals surface area contributed by atoms with Crippen LogP contribution in [0.3, 0.4) is 0 Å². The van der Waals surface area contributed by atoms with E-state index in [1.54, 1.807) is 0 Å². The predicted octanol–water partition coefficient (Wildman–Crippen LogP) is 4.43. The summed E-state index contributed by atoms with van der Waals surface area (Å²) in [5, 5.41) is 30.7. The van der Waals surface area contributed by atoms with E-state index in [2.05, 4.69) is 35.4 Å². The molecule has 3 saturated carbocycles. The molecule has 3 fully saturated rings. The number of para-hydroxylation sites is 1. The number of H-pyrrole nitrogens is 1. The quantitative estimate of drug-likeness (QED) is 0.278. The van der Waals surface area contributed by atoms with E-state index in [1.807, 2.05) is 37.4 Å². The van der Waals surface area contributed by atoms with Crippen LogP contribution < -0.4 is 5.32 Å². The Kier molecular flexibility index (Phi) is 7.70. The van der Waals surface area contributed by atoms with Gasteiger partial charge in [0.05, 0.1) is 24.5 Å². The smallest absolute Gasteiger partial charge is 0.328 e. The molecule has 0 saturated heterocycles. The van der Waals surface area contributed by atoms with Gasteiger partial charge in [-0.1, -0.05) is 42.8 Å². The van der Waals surface area contributed by atoms with E-state index in [-0.39, 0.29) is 29.8 Å². The largest absolute Gasteiger partial charge is 0.467 e. The van der Waals surface area contributed by atoms with Crippen molar-refractivity contribution in [2.75, 3.05) is 13.7 Å².